The third kappa shape index (κ3) is 4.34. The third-order valence-electron chi connectivity index (χ3n) is 2.61. The summed E-state index contributed by atoms with van der Waals surface area (Å²) in [7, 11) is 4.17. The summed E-state index contributed by atoms with van der Waals surface area (Å²) in [5.74, 6) is 0. The minimum absolute atomic E-state index is 1.11. The van der Waals surface area contributed by atoms with Crippen LogP contribution in [-0.2, 0) is 0 Å². The van der Waals surface area contributed by atoms with Gasteiger partial charge in [0.15, 0.2) is 0 Å². The van der Waals surface area contributed by atoms with Gasteiger partial charge >= 0.3 is 0 Å². The quantitative estimate of drug-likeness (QED) is 0.719. The Morgan fingerprint density at radius 3 is 2.73 bits per heavy atom. The number of benzene rings is 1. The molecule has 1 aromatic rings. The van der Waals surface area contributed by atoms with Crippen molar-refractivity contribution >= 4 is 5.69 Å². The summed E-state index contributed by atoms with van der Waals surface area (Å²) in [5.41, 5.74) is 2.65. The Morgan fingerprint density at radius 2 is 2.07 bits per heavy atom. The number of anilines is 1. The van der Waals surface area contributed by atoms with Crippen molar-refractivity contribution < 1.29 is 0 Å². The van der Waals surface area contributed by atoms with Crippen LogP contribution in [0.3, 0.4) is 0 Å². The minimum Gasteiger partial charge on any atom is -0.375 e. The number of nitrogens with one attached hydrogen (secondary N) is 1. The number of unbranched alkanes of at least 4 members (excludes halogenated alkanes) is 1. The van der Waals surface area contributed by atoms with Crippen molar-refractivity contribution in [1.82, 2.24) is 5.32 Å². The largest absolute Gasteiger partial charge is 0.375 e. The van der Waals surface area contributed by atoms with Gasteiger partial charge in [0.05, 0.1) is 0 Å². The molecular weight excluding hydrogens is 184 g/mol. The predicted molar refractivity (Wildman–Crippen MR) is 67.6 cm³/mol. The first-order chi connectivity index (χ1) is 7.24. The van der Waals surface area contributed by atoms with Gasteiger partial charge in [-0.2, -0.15) is 0 Å². The van der Waals surface area contributed by atoms with Gasteiger partial charge in [0.25, 0.3) is 0 Å². The Labute approximate surface area is 93.3 Å². The van der Waals surface area contributed by atoms with E-state index < -0.39 is 0 Å². The normalized spacial score (nSPS) is 10.3. The molecule has 0 aliphatic heterocycles. The van der Waals surface area contributed by atoms with E-state index in [1.54, 1.807) is 0 Å². The molecule has 2 heteroatoms. The van der Waals surface area contributed by atoms with E-state index in [1.807, 2.05) is 7.05 Å². The smallest absolute Gasteiger partial charge is 0.0366 e. The van der Waals surface area contributed by atoms with Crippen LogP contribution in [0.1, 0.15) is 18.4 Å². The first kappa shape index (κ1) is 12.1. The standard InChI is InChI=1S/C13H22N2/c1-12-7-6-8-13(11-12)15(3)10-5-4-9-14-2/h6-8,11,14H,4-5,9-10H2,1-3H3. The molecule has 0 heterocycles. The second-order valence-corrected chi connectivity index (χ2v) is 4.07. The first-order valence-electron chi connectivity index (χ1n) is 5.66. The topological polar surface area (TPSA) is 15.3 Å². The van der Waals surface area contributed by atoms with Gasteiger partial charge in [0.2, 0.25) is 0 Å². The molecule has 1 aromatic carbocycles. The van der Waals surface area contributed by atoms with Crippen molar-refractivity contribution in [3.8, 4) is 0 Å². The lowest BCUT2D eigenvalue weighted by molar-refractivity contribution is 0.671. The van der Waals surface area contributed by atoms with Crippen LogP contribution < -0.4 is 10.2 Å². The molecule has 0 bridgehead atoms. The second kappa shape index (κ2) is 6.46. The fourth-order valence-electron chi connectivity index (χ4n) is 1.65. The van der Waals surface area contributed by atoms with Crippen molar-refractivity contribution in [2.75, 3.05) is 32.1 Å². The molecular formula is C13H22N2. The SMILES string of the molecule is CNCCCCN(C)c1cccc(C)c1. The lowest BCUT2D eigenvalue weighted by atomic mass is 10.2. The number of nitrogens with zero attached hydrogens (tertiary/aromatic N) is 1. The average molecular weight is 206 g/mol. The van der Waals surface area contributed by atoms with Gasteiger partial charge in [-0.05, 0) is 51.1 Å². The van der Waals surface area contributed by atoms with Crippen LogP contribution in [0.2, 0.25) is 0 Å². The van der Waals surface area contributed by atoms with E-state index in [-0.39, 0.29) is 0 Å². The number of aryl methyl sites for hydroxylation is 1. The van der Waals surface area contributed by atoms with Crippen LogP contribution in [0.4, 0.5) is 5.69 Å². The number of hydrogen-bond acceptors (Lipinski definition) is 2. The third-order valence-corrected chi connectivity index (χ3v) is 2.61. The molecule has 0 amide bonds. The van der Waals surface area contributed by atoms with Crippen molar-refractivity contribution in [1.29, 1.82) is 0 Å². The Hall–Kier alpha value is -1.02. The summed E-state index contributed by atoms with van der Waals surface area (Å²) in [6.07, 6.45) is 2.48. The van der Waals surface area contributed by atoms with E-state index >= 15 is 0 Å². The average Bonchev–Trinajstić information content (AvgIpc) is 2.24. The van der Waals surface area contributed by atoms with Gasteiger partial charge in [-0.3, -0.25) is 0 Å². The maximum atomic E-state index is 3.17. The monoisotopic (exact) mass is 206 g/mol. The predicted octanol–water partition coefficient (Wildman–Crippen LogP) is 2.43. The Balaban J connectivity index is 2.36. The minimum atomic E-state index is 1.11. The van der Waals surface area contributed by atoms with E-state index in [1.165, 1.54) is 24.1 Å². The van der Waals surface area contributed by atoms with E-state index in [4.69, 9.17) is 0 Å². The molecule has 0 atom stereocenters. The van der Waals surface area contributed by atoms with Gasteiger partial charge in [0.1, 0.15) is 0 Å². The Kier molecular flexibility index (Phi) is 5.19. The van der Waals surface area contributed by atoms with E-state index in [0.717, 1.165) is 13.1 Å². The Bertz CT molecular complexity index is 284. The lowest BCUT2D eigenvalue weighted by Gasteiger charge is -2.19. The molecule has 15 heavy (non-hydrogen) atoms. The lowest BCUT2D eigenvalue weighted by Crippen LogP contribution is -2.19. The maximum absolute atomic E-state index is 3.17. The molecule has 1 rings (SSSR count). The maximum Gasteiger partial charge on any atom is 0.0366 e. The van der Waals surface area contributed by atoms with Gasteiger partial charge in [-0.1, -0.05) is 12.1 Å². The van der Waals surface area contributed by atoms with Gasteiger partial charge in [-0.15, -0.1) is 0 Å². The van der Waals surface area contributed by atoms with Crippen LogP contribution in [-0.4, -0.2) is 27.2 Å². The highest BCUT2D eigenvalue weighted by Gasteiger charge is 1.99. The summed E-state index contributed by atoms with van der Waals surface area (Å²) in [6.45, 7) is 4.38. The molecule has 0 saturated heterocycles. The van der Waals surface area contributed by atoms with E-state index in [2.05, 4.69) is 48.5 Å². The highest BCUT2D eigenvalue weighted by atomic mass is 15.1. The van der Waals surface area contributed by atoms with Crippen molar-refractivity contribution in [3.63, 3.8) is 0 Å². The molecule has 1 N–H and O–H groups in total. The molecule has 0 spiro atoms. The van der Waals surface area contributed by atoms with Crippen LogP contribution >= 0.6 is 0 Å². The molecule has 0 unspecified atom stereocenters. The zero-order valence-electron chi connectivity index (χ0n) is 10.1. The summed E-state index contributed by atoms with van der Waals surface area (Å²) in [6, 6.07) is 8.66. The summed E-state index contributed by atoms with van der Waals surface area (Å²) in [4.78, 5) is 2.32. The molecule has 0 aromatic heterocycles. The molecule has 2 nitrogen and oxygen atoms in total. The summed E-state index contributed by atoms with van der Waals surface area (Å²) < 4.78 is 0. The highest BCUT2D eigenvalue weighted by Crippen LogP contribution is 2.14. The van der Waals surface area contributed by atoms with Crippen LogP contribution in [0, 0.1) is 6.92 Å². The van der Waals surface area contributed by atoms with Gasteiger partial charge in [0, 0.05) is 19.3 Å². The summed E-state index contributed by atoms with van der Waals surface area (Å²) in [5, 5.41) is 3.17. The molecule has 0 aliphatic carbocycles. The zero-order chi connectivity index (χ0) is 11.1. The molecule has 84 valence electrons. The zero-order valence-corrected chi connectivity index (χ0v) is 10.1. The van der Waals surface area contributed by atoms with Crippen LogP contribution in [0.25, 0.3) is 0 Å². The fourth-order valence-corrected chi connectivity index (χ4v) is 1.65. The van der Waals surface area contributed by atoms with Crippen LogP contribution in [0.15, 0.2) is 24.3 Å². The fraction of sp³-hybridized carbons (Fsp3) is 0.538. The highest BCUT2D eigenvalue weighted by molar-refractivity contribution is 5.47. The summed E-state index contributed by atoms with van der Waals surface area (Å²) >= 11 is 0. The molecule has 0 fully saturated rings. The molecule has 0 aliphatic rings. The molecule has 0 radical (unpaired) electrons. The second-order valence-electron chi connectivity index (χ2n) is 4.07. The van der Waals surface area contributed by atoms with E-state index in [9.17, 15) is 0 Å². The van der Waals surface area contributed by atoms with Gasteiger partial charge < -0.3 is 10.2 Å². The Morgan fingerprint density at radius 1 is 1.27 bits per heavy atom. The van der Waals surface area contributed by atoms with Crippen molar-refractivity contribution in [2.45, 2.75) is 19.8 Å². The number of rotatable bonds is 6. The van der Waals surface area contributed by atoms with Crippen LogP contribution in [0.5, 0.6) is 0 Å². The first-order valence-corrected chi connectivity index (χ1v) is 5.66. The van der Waals surface area contributed by atoms with E-state index in [0.29, 0.717) is 0 Å². The molecule has 0 saturated carbocycles. The number of hydrogen-bond donors (Lipinski definition) is 1. The van der Waals surface area contributed by atoms with Crippen molar-refractivity contribution in [2.24, 2.45) is 0 Å². The van der Waals surface area contributed by atoms with Gasteiger partial charge in [-0.25, -0.2) is 0 Å². The van der Waals surface area contributed by atoms with Crippen molar-refractivity contribution in [3.05, 3.63) is 29.8 Å².